The molecule has 1 amide bonds. The van der Waals surface area contributed by atoms with Crippen molar-refractivity contribution in [2.45, 2.75) is 25.0 Å². The van der Waals surface area contributed by atoms with Crippen molar-refractivity contribution in [1.82, 2.24) is 5.32 Å². The molecule has 0 bridgehead atoms. The first-order valence-corrected chi connectivity index (χ1v) is 5.83. The van der Waals surface area contributed by atoms with E-state index >= 15 is 0 Å². The summed E-state index contributed by atoms with van der Waals surface area (Å²) in [6.07, 6.45) is 0.972. The smallest absolute Gasteiger partial charge is 0.219 e. The van der Waals surface area contributed by atoms with Crippen LogP contribution in [0.15, 0.2) is 24.3 Å². The fraction of sp³-hybridized carbons (Fsp3) is 0.417. The molecule has 0 unspecified atom stereocenters. The van der Waals surface area contributed by atoms with E-state index in [9.17, 15) is 9.18 Å². The molecular weight excluding hydrogens is 225 g/mol. The SMILES string of the molecule is CCC(=O)NC[C@@H](S)Cc1ccccc1F. The van der Waals surface area contributed by atoms with Gasteiger partial charge in [0, 0.05) is 18.2 Å². The number of carbonyl (C=O) groups excluding carboxylic acids is 1. The van der Waals surface area contributed by atoms with Crippen LogP contribution in [0, 0.1) is 5.82 Å². The lowest BCUT2D eigenvalue weighted by Crippen LogP contribution is -2.30. The van der Waals surface area contributed by atoms with Gasteiger partial charge < -0.3 is 5.32 Å². The molecule has 0 saturated carbocycles. The highest BCUT2D eigenvalue weighted by Gasteiger charge is 2.08. The minimum atomic E-state index is -0.219. The molecule has 88 valence electrons. The first-order valence-electron chi connectivity index (χ1n) is 5.31. The maximum atomic E-state index is 13.3. The molecule has 1 rings (SSSR count). The van der Waals surface area contributed by atoms with Gasteiger partial charge in [-0.05, 0) is 18.1 Å². The van der Waals surface area contributed by atoms with Crippen molar-refractivity contribution >= 4 is 18.5 Å². The topological polar surface area (TPSA) is 29.1 Å². The van der Waals surface area contributed by atoms with Crippen LogP contribution in [-0.4, -0.2) is 17.7 Å². The summed E-state index contributed by atoms with van der Waals surface area (Å²) in [6, 6.07) is 6.62. The second kappa shape index (κ2) is 6.53. The Labute approximate surface area is 101 Å². The van der Waals surface area contributed by atoms with Crippen LogP contribution in [0.2, 0.25) is 0 Å². The van der Waals surface area contributed by atoms with E-state index in [-0.39, 0.29) is 17.0 Å². The van der Waals surface area contributed by atoms with E-state index in [0.29, 0.717) is 24.9 Å². The van der Waals surface area contributed by atoms with Gasteiger partial charge in [0.1, 0.15) is 5.82 Å². The van der Waals surface area contributed by atoms with Gasteiger partial charge in [0.05, 0.1) is 0 Å². The lowest BCUT2D eigenvalue weighted by Gasteiger charge is -2.12. The molecule has 1 N–H and O–H groups in total. The lowest BCUT2D eigenvalue weighted by molar-refractivity contribution is -0.120. The number of carbonyl (C=O) groups is 1. The fourth-order valence-corrected chi connectivity index (χ4v) is 1.63. The zero-order valence-electron chi connectivity index (χ0n) is 9.24. The average Bonchev–Trinajstić information content (AvgIpc) is 2.29. The van der Waals surface area contributed by atoms with Gasteiger partial charge in [0.2, 0.25) is 5.91 Å². The molecular formula is C12H16FNOS. The molecule has 1 aromatic rings. The highest BCUT2D eigenvalue weighted by atomic mass is 32.1. The number of benzene rings is 1. The van der Waals surface area contributed by atoms with Gasteiger partial charge in [-0.1, -0.05) is 25.1 Å². The molecule has 0 heterocycles. The van der Waals surface area contributed by atoms with Crippen molar-refractivity contribution in [2.75, 3.05) is 6.54 Å². The summed E-state index contributed by atoms with van der Waals surface area (Å²) in [4.78, 5) is 11.0. The first-order chi connectivity index (χ1) is 7.63. The molecule has 0 saturated heterocycles. The molecule has 0 fully saturated rings. The largest absolute Gasteiger partial charge is 0.355 e. The van der Waals surface area contributed by atoms with Crippen LogP contribution in [0.4, 0.5) is 4.39 Å². The van der Waals surface area contributed by atoms with E-state index in [2.05, 4.69) is 17.9 Å². The quantitative estimate of drug-likeness (QED) is 0.760. The Bertz CT molecular complexity index is 357. The maximum Gasteiger partial charge on any atom is 0.219 e. The molecule has 1 aromatic carbocycles. The van der Waals surface area contributed by atoms with Gasteiger partial charge >= 0.3 is 0 Å². The molecule has 0 aliphatic rings. The number of nitrogens with one attached hydrogen (secondary N) is 1. The van der Waals surface area contributed by atoms with Crippen LogP contribution < -0.4 is 5.32 Å². The Kier molecular flexibility index (Phi) is 5.32. The number of amides is 1. The Hall–Kier alpha value is -1.03. The van der Waals surface area contributed by atoms with E-state index in [1.54, 1.807) is 25.1 Å². The predicted octanol–water partition coefficient (Wildman–Crippen LogP) is 2.19. The minimum absolute atomic E-state index is 0.00687. The highest BCUT2D eigenvalue weighted by molar-refractivity contribution is 7.81. The zero-order chi connectivity index (χ0) is 12.0. The third kappa shape index (κ3) is 4.23. The third-order valence-electron chi connectivity index (χ3n) is 2.27. The third-order valence-corrected chi connectivity index (χ3v) is 2.63. The van der Waals surface area contributed by atoms with Crippen LogP contribution in [0.5, 0.6) is 0 Å². The summed E-state index contributed by atoms with van der Waals surface area (Å²) in [5.41, 5.74) is 0.633. The van der Waals surface area contributed by atoms with Crippen LogP contribution >= 0.6 is 12.6 Å². The highest BCUT2D eigenvalue weighted by Crippen LogP contribution is 2.11. The summed E-state index contributed by atoms with van der Waals surface area (Å²) in [7, 11) is 0. The van der Waals surface area contributed by atoms with Gasteiger partial charge in [0.15, 0.2) is 0 Å². The number of rotatable bonds is 5. The summed E-state index contributed by atoms with van der Waals surface area (Å²) in [6.45, 7) is 2.25. The molecule has 0 radical (unpaired) electrons. The fourth-order valence-electron chi connectivity index (χ4n) is 1.35. The lowest BCUT2D eigenvalue weighted by atomic mass is 10.1. The van der Waals surface area contributed by atoms with Crippen LogP contribution in [-0.2, 0) is 11.2 Å². The standard InChI is InChI=1S/C12H16FNOS/c1-2-12(15)14-8-10(16)7-9-5-3-4-6-11(9)13/h3-6,10,16H,2,7-8H2,1H3,(H,14,15)/t10-/m0/s1. The molecule has 16 heavy (non-hydrogen) atoms. The van der Waals surface area contributed by atoms with Crippen molar-refractivity contribution in [3.63, 3.8) is 0 Å². The van der Waals surface area contributed by atoms with Crippen molar-refractivity contribution in [3.05, 3.63) is 35.6 Å². The van der Waals surface area contributed by atoms with E-state index in [0.717, 1.165) is 0 Å². The normalized spacial score (nSPS) is 12.2. The van der Waals surface area contributed by atoms with Gasteiger partial charge in [-0.3, -0.25) is 4.79 Å². The van der Waals surface area contributed by atoms with Gasteiger partial charge in [-0.25, -0.2) is 4.39 Å². The summed E-state index contributed by atoms with van der Waals surface area (Å²) >= 11 is 4.32. The molecule has 0 aliphatic carbocycles. The molecule has 4 heteroatoms. The Morgan fingerprint density at radius 1 is 1.50 bits per heavy atom. The Morgan fingerprint density at radius 2 is 2.19 bits per heavy atom. The van der Waals surface area contributed by atoms with E-state index in [1.165, 1.54) is 6.07 Å². The summed E-state index contributed by atoms with van der Waals surface area (Å²) in [5.74, 6) is -0.226. The monoisotopic (exact) mass is 241 g/mol. The number of hydrogen-bond acceptors (Lipinski definition) is 2. The molecule has 0 aliphatic heterocycles. The van der Waals surface area contributed by atoms with E-state index in [4.69, 9.17) is 0 Å². The molecule has 0 spiro atoms. The zero-order valence-corrected chi connectivity index (χ0v) is 10.1. The molecule has 1 atom stereocenters. The Morgan fingerprint density at radius 3 is 2.81 bits per heavy atom. The molecule has 2 nitrogen and oxygen atoms in total. The van der Waals surface area contributed by atoms with Crippen molar-refractivity contribution in [1.29, 1.82) is 0 Å². The van der Waals surface area contributed by atoms with E-state index in [1.807, 2.05) is 0 Å². The minimum Gasteiger partial charge on any atom is -0.355 e. The maximum absolute atomic E-state index is 13.3. The summed E-state index contributed by atoms with van der Waals surface area (Å²) < 4.78 is 13.3. The van der Waals surface area contributed by atoms with Crippen LogP contribution in [0.1, 0.15) is 18.9 Å². The predicted molar refractivity (Wildman–Crippen MR) is 66.2 cm³/mol. The number of halogens is 1. The average molecular weight is 241 g/mol. The molecule has 0 aromatic heterocycles. The number of thiol groups is 1. The number of hydrogen-bond donors (Lipinski definition) is 2. The van der Waals surface area contributed by atoms with Crippen molar-refractivity contribution < 1.29 is 9.18 Å². The van der Waals surface area contributed by atoms with Gasteiger partial charge in [-0.2, -0.15) is 12.6 Å². The second-order valence-corrected chi connectivity index (χ2v) is 4.34. The Balaban J connectivity index is 2.43. The summed E-state index contributed by atoms with van der Waals surface area (Å²) in [5, 5.41) is 2.67. The van der Waals surface area contributed by atoms with E-state index < -0.39 is 0 Å². The van der Waals surface area contributed by atoms with Gasteiger partial charge in [-0.15, -0.1) is 0 Å². The van der Waals surface area contributed by atoms with Crippen LogP contribution in [0.25, 0.3) is 0 Å². The van der Waals surface area contributed by atoms with Crippen molar-refractivity contribution in [2.24, 2.45) is 0 Å². The van der Waals surface area contributed by atoms with Crippen molar-refractivity contribution in [3.8, 4) is 0 Å². The van der Waals surface area contributed by atoms with Crippen LogP contribution in [0.3, 0.4) is 0 Å². The van der Waals surface area contributed by atoms with Gasteiger partial charge in [0.25, 0.3) is 0 Å². The second-order valence-electron chi connectivity index (χ2n) is 3.61. The first kappa shape index (κ1) is 13.0.